The molecule has 0 fully saturated rings. The molecule has 2 N–H and O–H groups in total. The molecule has 3 aromatic carbocycles. The largest absolute Gasteiger partial charge is 0.497 e. The SMILES string of the molecule is COc1ccc(NCc2nn3c(C(=S)Nc4ccc(C)cc4C)c(-c4ccc(Br)cc4)c4c3n2CCCC4)cc1. The van der Waals surface area contributed by atoms with E-state index in [-0.39, 0.29) is 0 Å². The van der Waals surface area contributed by atoms with E-state index in [2.05, 4.69) is 92.0 Å². The minimum absolute atomic E-state index is 0.609. The number of rotatable bonds is 7. The third-order valence-electron chi connectivity index (χ3n) is 7.58. The van der Waals surface area contributed by atoms with E-state index in [0.29, 0.717) is 11.5 Å². The van der Waals surface area contributed by atoms with E-state index < -0.39 is 0 Å². The standard InChI is InChI=1S/C32H32BrN5OS/c1-20-7-16-27(21(2)18-20)35-31(40)30-29(22-8-10-23(33)11-9-22)26-6-4-5-17-37-28(36-38(30)32(26)37)19-34-24-12-14-25(39-3)15-13-24/h7-16,18,34H,4-6,17,19H2,1-3H3,(H,35,40). The highest BCUT2D eigenvalue weighted by molar-refractivity contribution is 9.10. The van der Waals surface area contributed by atoms with Crippen LogP contribution in [0.1, 0.15) is 41.1 Å². The molecule has 5 aromatic rings. The number of anilines is 2. The van der Waals surface area contributed by atoms with Crippen LogP contribution in [-0.2, 0) is 19.5 Å². The summed E-state index contributed by atoms with van der Waals surface area (Å²) in [5.41, 5.74) is 10.1. The van der Waals surface area contributed by atoms with Crippen molar-refractivity contribution in [3.63, 3.8) is 0 Å². The van der Waals surface area contributed by atoms with E-state index >= 15 is 0 Å². The molecular weight excluding hydrogens is 582 g/mol. The van der Waals surface area contributed by atoms with Crippen LogP contribution in [0.3, 0.4) is 0 Å². The average molecular weight is 615 g/mol. The summed E-state index contributed by atoms with van der Waals surface area (Å²) in [5.74, 6) is 1.83. The predicted molar refractivity (Wildman–Crippen MR) is 171 cm³/mol. The average Bonchev–Trinajstić information content (AvgIpc) is 3.35. The zero-order chi connectivity index (χ0) is 27.8. The summed E-state index contributed by atoms with van der Waals surface area (Å²) in [6, 6.07) is 22.9. The molecule has 0 radical (unpaired) electrons. The smallest absolute Gasteiger partial charge is 0.150 e. The number of methoxy groups -OCH3 is 1. The fourth-order valence-electron chi connectivity index (χ4n) is 5.60. The van der Waals surface area contributed by atoms with Gasteiger partial charge in [0, 0.05) is 33.5 Å². The van der Waals surface area contributed by atoms with Crippen LogP contribution in [0.2, 0.25) is 0 Å². The lowest BCUT2D eigenvalue weighted by atomic mass is 9.98. The van der Waals surface area contributed by atoms with Gasteiger partial charge < -0.3 is 19.9 Å². The molecule has 0 atom stereocenters. The highest BCUT2D eigenvalue weighted by Gasteiger charge is 2.29. The van der Waals surface area contributed by atoms with Gasteiger partial charge in [0.15, 0.2) is 5.82 Å². The molecule has 6 nitrogen and oxygen atoms in total. The molecular formula is C32H32BrN5OS. The van der Waals surface area contributed by atoms with Gasteiger partial charge >= 0.3 is 0 Å². The van der Waals surface area contributed by atoms with Gasteiger partial charge in [-0.3, -0.25) is 0 Å². The third-order valence-corrected chi connectivity index (χ3v) is 8.40. The summed E-state index contributed by atoms with van der Waals surface area (Å²) >= 11 is 9.75. The lowest BCUT2D eigenvalue weighted by molar-refractivity contribution is 0.415. The molecule has 0 spiro atoms. The first kappa shape index (κ1) is 26.6. The number of benzene rings is 3. The van der Waals surface area contributed by atoms with Gasteiger partial charge in [-0.25, -0.2) is 4.52 Å². The molecule has 1 aliphatic heterocycles. The highest BCUT2D eigenvalue weighted by atomic mass is 79.9. The van der Waals surface area contributed by atoms with Crippen LogP contribution in [0.25, 0.3) is 16.8 Å². The van der Waals surface area contributed by atoms with Gasteiger partial charge in [-0.1, -0.05) is 58.0 Å². The quantitative estimate of drug-likeness (QED) is 0.183. The second-order valence-corrected chi connectivity index (χ2v) is 11.6. The number of thiocarbonyl (C=S) groups is 1. The van der Waals surface area contributed by atoms with Crippen LogP contribution in [0.5, 0.6) is 5.75 Å². The van der Waals surface area contributed by atoms with E-state index in [9.17, 15) is 0 Å². The Morgan fingerprint density at radius 2 is 1.80 bits per heavy atom. The summed E-state index contributed by atoms with van der Waals surface area (Å²) in [6.45, 7) is 5.76. The lowest BCUT2D eigenvalue weighted by Crippen LogP contribution is -2.16. The van der Waals surface area contributed by atoms with Gasteiger partial charge in [0.25, 0.3) is 0 Å². The van der Waals surface area contributed by atoms with Gasteiger partial charge in [0.05, 0.1) is 13.7 Å². The Kier molecular flexibility index (Phi) is 7.38. The van der Waals surface area contributed by atoms with Gasteiger partial charge in [0.1, 0.15) is 22.1 Å². The molecule has 0 aliphatic carbocycles. The van der Waals surface area contributed by atoms with Crippen molar-refractivity contribution in [1.29, 1.82) is 0 Å². The van der Waals surface area contributed by atoms with Crippen molar-refractivity contribution in [2.45, 2.75) is 46.2 Å². The first-order chi connectivity index (χ1) is 19.4. The van der Waals surface area contributed by atoms with E-state index in [1.807, 2.05) is 24.3 Å². The molecule has 2 aromatic heterocycles. The number of halogens is 1. The topological polar surface area (TPSA) is 55.5 Å². The number of hydrogen-bond donors (Lipinski definition) is 2. The maximum absolute atomic E-state index is 6.15. The molecule has 6 rings (SSSR count). The molecule has 8 heteroatoms. The number of nitrogens with zero attached hydrogens (tertiary/aromatic N) is 3. The maximum Gasteiger partial charge on any atom is 0.150 e. The Bertz CT molecular complexity index is 1700. The molecule has 0 unspecified atom stereocenters. The van der Waals surface area contributed by atoms with Crippen LogP contribution in [0.4, 0.5) is 11.4 Å². The number of hydrogen-bond acceptors (Lipinski definition) is 4. The summed E-state index contributed by atoms with van der Waals surface area (Å²) in [4.78, 5) is 0.672. The van der Waals surface area contributed by atoms with E-state index in [1.54, 1.807) is 7.11 Å². The van der Waals surface area contributed by atoms with Crippen molar-refractivity contribution in [2.75, 3.05) is 17.7 Å². The van der Waals surface area contributed by atoms with Crippen LogP contribution < -0.4 is 15.4 Å². The molecule has 0 amide bonds. The van der Waals surface area contributed by atoms with Crippen molar-refractivity contribution < 1.29 is 4.74 Å². The van der Waals surface area contributed by atoms with Crippen molar-refractivity contribution in [3.8, 4) is 16.9 Å². The maximum atomic E-state index is 6.15. The molecule has 204 valence electrons. The molecule has 0 saturated carbocycles. The summed E-state index contributed by atoms with van der Waals surface area (Å²) in [6.07, 6.45) is 3.21. The summed E-state index contributed by atoms with van der Waals surface area (Å²) in [7, 11) is 1.68. The van der Waals surface area contributed by atoms with Crippen molar-refractivity contribution in [1.82, 2.24) is 14.2 Å². The second kappa shape index (κ2) is 11.1. The van der Waals surface area contributed by atoms with Crippen molar-refractivity contribution >= 4 is 50.2 Å². The molecule has 40 heavy (non-hydrogen) atoms. The minimum atomic E-state index is 0.609. The first-order valence-electron chi connectivity index (χ1n) is 13.6. The van der Waals surface area contributed by atoms with E-state index in [4.69, 9.17) is 22.1 Å². The van der Waals surface area contributed by atoms with Crippen LogP contribution >= 0.6 is 28.1 Å². The second-order valence-electron chi connectivity index (χ2n) is 10.3. The minimum Gasteiger partial charge on any atom is -0.497 e. The van der Waals surface area contributed by atoms with Crippen LogP contribution in [0.15, 0.2) is 71.2 Å². The van der Waals surface area contributed by atoms with Crippen LogP contribution in [0, 0.1) is 13.8 Å². The Hall–Kier alpha value is -3.62. The number of aryl methyl sites for hydroxylation is 4. The van der Waals surface area contributed by atoms with Crippen molar-refractivity contribution in [2.24, 2.45) is 0 Å². The fourth-order valence-corrected chi connectivity index (χ4v) is 6.16. The van der Waals surface area contributed by atoms with Gasteiger partial charge in [-0.2, -0.15) is 5.10 Å². The van der Waals surface area contributed by atoms with Gasteiger partial charge in [-0.05, 0) is 86.7 Å². The fraction of sp³-hybridized carbons (Fsp3) is 0.250. The predicted octanol–water partition coefficient (Wildman–Crippen LogP) is 7.93. The molecule has 0 bridgehead atoms. The Balaban J connectivity index is 1.47. The summed E-state index contributed by atoms with van der Waals surface area (Å²) < 4.78 is 10.8. The normalized spacial score (nSPS) is 12.8. The van der Waals surface area contributed by atoms with Crippen LogP contribution in [-0.4, -0.2) is 26.3 Å². The number of ether oxygens (including phenoxy) is 1. The number of aromatic nitrogens is 3. The zero-order valence-corrected chi connectivity index (χ0v) is 25.3. The highest BCUT2D eigenvalue weighted by Crippen LogP contribution is 2.38. The number of nitrogens with one attached hydrogen (secondary N) is 2. The van der Waals surface area contributed by atoms with E-state index in [0.717, 1.165) is 75.7 Å². The van der Waals surface area contributed by atoms with Gasteiger partial charge in [0.2, 0.25) is 0 Å². The zero-order valence-electron chi connectivity index (χ0n) is 22.9. The molecule has 0 saturated heterocycles. The summed E-state index contributed by atoms with van der Waals surface area (Å²) in [5, 5.41) is 12.3. The van der Waals surface area contributed by atoms with Gasteiger partial charge in [-0.15, -0.1) is 0 Å². The third kappa shape index (κ3) is 5.02. The van der Waals surface area contributed by atoms with Crippen molar-refractivity contribution in [3.05, 3.63) is 99.4 Å². The first-order valence-corrected chi connectivity index (χ1v) is 14.8. The lowest BCUT2D eigenvalue weighted by Gasteiger charge is -2.14. The Morgan fingerprint density at radius 3 is 2.52 bits per heavy atom. The van der Waals surface area contributed by atoms with E-state index in [1.165, 1.54) is 16.7 Å². The molecule has 1 aliphatic rings. The Morgan fingerprint density at radius 1 is 1.02 bits per heavy atom. The molecule has 3 heterocycles. The Labute approximate surface area is 248 Å². The monoisotopic (exact) mass is 613 g/mol.